The van der Waals surface area contributed by atoms with Gasteiger partial charge in [-0.05, 0) is 53.5 Å². The highest BCUT2D eigenvalue weighted by Gasteiger charge is 2.36. The van der Waals surface area contributed by atoms with Crippen molar-refractivity contribution in [2.24, 2.45) is 0 Å². The van der Waals surface area contributed by atoms with Crippen molar-refractivity contribution < 1.29 is 28.3 Å². The molecule has 0 spiro atoms. The Morgan fingerprint density at radius 2 is 1.76 bits per heavy atom. The fraction of sp³-hybridized carbons (Fsp3) is 0.516. The molecule has 0 bridgehead atoms. The lowest BCUT2D eigenvalue weighted by atomic mass is 9.74. The molecule has 41 heavy (non-hydrogen) atoms. The van der Waals surface area contributed by atoms with Crippen LogP contribution in [0.25, 0.3) is 0 Å². The number of carbonyl (C=O) groups is 3. The van der Waals surface area contributed by atoms with Crippen LogP contribution < -0.4 is 21.3 Å². The second-order valence-corrected chi connectivity index (χ2v) is 12.3. The molecular formula is C31H40F2N4O4. The summed E-state index contributed by atoms with van der Waals surface area (Å²) in [4.78, 5) is 36.3. The van der Waals surface area contributed by atoms with E-state index in [1.165, 1.54) is 5.56 Å². The number of hydrogen-bond donors (Lipinski definition) is 5. The molecule has 3 unspecified atom stereocenters. The number of carbonyl (C=O) groups excluding carboxylic acids is 3. The molecule has 10 heteroatoms. The van der Waals surface area contributed by atoms with Crippen molar-refractivity contribution in [1.82, 2.24) is 21.3 Å². The average Bonchev–Trinajstić information content (AvgIpc) is 3.22. The van der Waals surface area contributed by atoms with Gasteiger partial charge in [-0.3, -0.25) is 14.9 Å². The number of benzene rings is 2. The summed E-state index contributed by atoms with van der Waals surface area (Å²) in [6.07, 6.45) is 3.45. The Labute approximate surface area is 239 Å². The smallest absolute Gasteiger partial charge is 0.322 e. The Balaban J connectivity index is 1.53. The van der Waals surface area contributed by atoms with Gasteiger partial charge in [0.25, 0.3) is 5.91 Å². The van der Waals surface area contributed by atoms with E-state index in [9.17, 15) is 28.3 Å². The van der Waals surface area contributed by atoms with Gasteiger partial charge in [0.1, 0.15) is 17.7 Å². The van der Waals surface area contributed by atoms with E-state index >= 15 is 0 Å². The summed E-state index contributed by atoms with van der Waals surface area (Å²) < 4.78 is 27.9. The number of halogens is 2. The highest BCUT2D eigenvalue weighted by molar-refractivity contribution is 6.05. The monoisotopic (exact) mass is 570 g/mol. The molecule has 0 radical (unpaired) electrons. The van der Waals surface area contributed by atoms with E-state index in [0.29, 0.717) is 0 Å². The van der Waals surface area contributed by atoms with Crippen molar-refractivity contribution in [2.75, 3.05) is 6.54 Å². The second-order valence-electron chi connectivity index (χ2n) is 12.3. The van der Waals surface area contributed by atoms with Crippen molar-refractivity contribution >= 4 is 17.8 Å². The van der Waals surface area contributed by atoms with Gasteiger partial charge >= 0.3 is 6.03 Å². The standard InChI is InChI=1S/C31H40F2N4O4/c1-30(2,3)20-8-7-9-21(15-20)31(10-5-4-6-11-31)34-18-26(38)24(14-19-12-22(32)16-23(33)13-19)35-27(39)17-25-28(40)37-29(41)36-25/h7-9,12-13,15-16,24-26,34,38H,4-6,10-11,14,17-18H2,1-3H3,(H,35,39)(H2,36,37,40,41). The van der Waals surface area contributed by atoms with Crippen molar-refractivity contribution in [3.63, 3.8) is 0 Å². The number of imide groups is 1. The molecule has 0 aromatic heterocycles. The first kappa shape index (κ1) is 30.6. The summed E-state index contributed by atoms with van der Waals surface area (Å²) in [5.41, 5.74) is 2.23. The highest BCUT2D eigenvalue weighted by Crippen LogP contribution is 2.38. The van der Waals surface area contributed by atoms with E-state index in [0.717, 1.165) is 55.9 Å². The number of amides is 4. The van der Waals surface area contributed by atoms with Crippen LogP contribution in [-0.4, -0.2) is 47.7 Å². The van der Waals surface area contributed by atoms with Gasteiger partial charge in [0.05, 0.1) is 18.6 Å². The molecule has 3 atom stereocenters. The van der Waals surface area contributed by atoms with Gasteiger partial charge in [-0.2, -0.15) is 0 Å². The average molecular weight is 571 g/mol. The van der Waals surface area contributed by atoms with E-state index < -0.39 is 47.7 Å². The van der Waals surface area contributed by atoms with Crippen molar-refractivity contribution in [1.29, 1.82) is 0 Å². The summed E-state index contributed by atoms with van der Waals surface area (Å²) >= 11 is 0. The number of urea groups is 1. The lowest BCUT2D eigenvalue weighted by Gasteiger charge is -2.41. The number of nitrogens with one attached hydrogen (secondary N) is 4. The fourth-order valence-corrected chi connectivity index (χ4v) is 5.77. The van der Waals surface area contributed by atoms with Gasteiger partial charge in [-0.1, -0.05) is 64.3 Å². The summed E-state index contributed by atoms with van der Waals surface area (Å²) in [5, 5.41) is 22.2. The van der Waals surface area contributed by atoms with Crippen LogP contribution in [-0.2, 0) is 27.0 Å². The van der Waals surface area contributed by atoms with E-state index in [1.54, 1.807) is 0 Å². The van der Waals surface area contributed by atoms with E-state index in [-0.39, 0.29) is 35.9 Å². The van der Waals surface area contributed by atoms with Crippen LogP contribution >= 0.6 is 0 Å². The maximum Gasteiger partial charge on any atom is 0.322 e. The van der Waals surface area contributed by atoms with Crippen molar-refractivity contribution in [2.45, 2.75) is 94.9 Å². The van der Waals surface area contributed by atoms with E-state index in [1.807, 2.05) is 0 Å². The Hall–Kier alpha value is -3.37. The third-order valence-electron chi connectivity index (χ3n) is 8.07. The third kappa shape index (κ3) is 7.89. The first-order valence-corrected chi connectivity index (χ1v) is 14.2. The molecule has 2 aromatic rings. The van der Waals surface area contributed by atoms with Crippen LogP contribution in [0.1, 0.15) is 76.0 Å². The molecule has 1 aliphatic heterocycles. The fourth-order valence-electron chi connectivity index (χ4n) is 5.77. The highest BCUT2D eigenvalue weighted by atomic mass is 19.1. The summed E-state index contributed by atoms with van der Waals surface area (Å²) in [6, 6.07) is 8.95. The van der Waals surface area contributed by atoms with Gasteiger partial charge in [-0.15, -0.1) is 0 Å². The number of rotatable bonds is 10. The summed E-state index contributed by atoms with van der Waals surface area (Å²) in [5.74, 6) is -2.72. The first-order chi connectivity index (χ1) is 19.3. The Kier molecular flexibility index (Phi) is 9.44. The van der Waals surface area contributed by atoms with Gasteiger partial charge in [-0.25, -0.2) is 13.6 Å². The summed E-state index contributed by atoms with van der Waals surface area (Å²) in [7, 11) is 0. The third-order valence-corrected chi connectivity index (χ3v) is 8.07. The van der Waals surface area contributed by atoms with Gasteiger partial charge in [0.2, 0.25) is 5.91 Å². The largest absolute Gasteiger partial charge is 0.390 e. The minimum Gasteiger partial charge on any atom is -0.390 e. The van der Waals surface area contributed by atoms with Gasteiger partial charge < -0.3 is 21.1 Å². The lowest BCUT2D eigenvalue weighted by molar-refractivity contribution is -0.127. The molecule has 1 saturated carbocycles. The minimum absolute atomic E-state index is 0.0311. The second kappa shape index (κ2) is 12.7. The van der Waals surface area contributed by atoms with Crippen molar-refractivity contribution in [3.8, 4) is 0 Å². The first-order valence-electron chi connectivity index (χ1n) is 14.2. The van der Waals surface area contributed by atoms with E-state index in [4.69, 9.17) is 0 Å². The molecule has 1 heterocycles. The van der Waals surface area contributed by atoms with Crippen LogP contribution in [0, 0.1) is 11.6 Å². The Bertz CT molecular complexity index is 1250. The Morgan fingerprint density at radius 1 is 1.07 bits per heavy atom. The summed E-state index contributed by atoms with van der Waals surface area (Å²) in [6.45, 7) is 6.61. The zero-order valence-electron chi connectivity index (χ0n) is 23.9. The molecule has 1 aliphatic carbocycles. The van der Waals surface area contributed by atoms with Crippen LogP contribution in [0.2, 0.25) is 0 Å². The predicted molar refractivity (Wildman–Crippen MR) is 151 cm³/mol. The minimum atomic E-state index is -1.12. The molecule has 5 N–H and O–H groups in total. The van der Waals surface area contributed by atoms with Crippen LogP contribution in [0.5, 0.6) is 0 Å². The molecule has 8 nitrogen and oxygen atoms in total. The molecule has 2 aromatic carbocycles. The topological polar surface area (TPSA) is 120 Å². The van der Waals surface area contributed by atoms with Gasteiger partial charge in [0, 0.05) is 18.2 Å². The zero-order valence-corrected chi connectivity index (χ0v) is 23.9. The maximum absolute atomic E-state index is 14.0. The molecule has 2 aliphatic rings. The maximum atomic E-state index is 14.0. The number of aliphatic hydroxyl groups is 1. The quantitative estimate of drug-likeness (QED) is 0.279. The molecule has 1 saturated heterocycles. The number of hydrogen-bond acceptors (Lipinski definition) is 5. The van der Waals surface area contributed by atoms with E-state index in [2.05, 4.69) is 66.3 Å². The predicted octanol–water partition coefficient (Wildman–Crippen LogP) is 3.70. The molecule has 222 valence electrons. The van der Waals surface area contributed by atoms with Crippen LogP contribution in [0.4, 0.5) is 13.6 Å². The molecule has 4 rings (SSSR count). The zero-order chi connectivity index (χ0) is 29.8. The van der Waals surface area contributed by atoms with Gasteiger partial charge in [0.15, 0.2) is 0 Å². The van der Waals surface area contributed by atoms with Crippen molar-refractivity contribution in [3.05, 3.63) is 70.8 Å². The molecular weight excluding hydrogens is 530 g/mol. The molecule has 2 fully saturated rings. The molecule has 4 amide bonds. The number of aliphatic hydroxyl groups excluding tert-OH is 1. The van der Waals surface area contributed by atoms with Crippen LogP contribution in [0.15, 0.2) is 42.5 Å². The van der Waals surface area contributed by atoms with Crippen LogP contribution in [0.3, 0.4) is 0 Å². The SMILES string of the molecule is CC(C)(C)c1cccc(C2(NCC(O)C(Cc3cc(F)cc(F)c3)NC(=O)CC3NC(=O)NC3=O)CCCCC2)c1. The Morgan fingerprint density at radius 3 is 2.37 bits per heavy atom. The normalized spacial score (nSPS) is 20.2. The lowest BCUT2D eigenvalue weighted by Crippen LogP contribution is -2.54.